The molecule has 0 N–H and O–H groups in total. The fourth-order valence-electron chi connectivity index (χ4n) is 1.78. The third kappa shape index (κ3) is 3.26. The van der Waals surface area contributed by atoms with Gasteiger partial charge in [0.15, 0.2) is 0 Å². The van der Waals surface area contributed by atoms with E-state index >= 15 is 0 Å². The maximum atomic E-state index is 11.4. The van der Waals surface area contributed by atoms with Gasteiger partial charge in [-0.05, 0) is 17.0 Å². The number of hydrogen-bond donors (Lipinski definition) is 0. The van der Waals surface area contributed by atoms with Crippen LogP contribution in [-0.4, -0.2) is 20.4 Å². The molecule has 0 aliphatic carbocycles. The van der Waals surface area contributed by atoms with Crippen LogP contribution in [0.5, 0.6) is 0 Å². The molecule has 0 saturated heterocycles. The van der Waals surface area contributed by atoms with Crippen molar-refractivity contribution in [3.8, 4) is 11.3 Å². The molecule has 100 valence electrons. The van der Waals surface area contributed by atoms with Crippen molar-refractivity contribution in [2.75, 3.05) is 6.26 Å². The van der Waals surface area contributed by atoms with Gasteiger partial charge in [0.2, 0.25) is 5.16 Å². The lowest BCUT2D eigenvalue weighted by Gasteiger charge is -2.19. The van der Waals surface area contributed by atoms with Gasteiger partial charge in [-0.1, -0.05) is 45.0 Å². The van der Waals surface area contributed by atoms with Crippen molar-refractivity contribution in [2.24, 2.45) is 0 Å². The Morgan fingerprint density at radius 1 is 1.05 bits per heavy atom. The van der Waals surface area contributed by atoms with Crippen LogP contribution in [0.25, 0.3) is 11.3 Å². The Bertz CT molecular complexity index is 600. The molecule has 0 radical (unpaired) electrons. The van der Waals surface area contributed by atoms with Crippen LogP contribution in [0.15, 0.2) is 41.7 Å². The fraction of sp³-hybridized carbons (Fsp3) is 0.333. The van der Waals surface area contributed by atoms with E-state index in [1.54, 1.807) is 12.5 Å². The molecule has 0 amide bonds. The highest BCUT2D eigenvalue weighted by Gasteiger charge is 2.13. The molecule has 0 spiro atoms. The summed E-state index contributed by atoms with van der Waals surface area (Å²) in [4.78, 5) is 8.33. The Kier molecular flexibility index (Phi) is 3.80. The van der Waals surface area contributed by atoms with E-state index in [1.165, 1.54) is 5.56 Å². The zero-order chi connectivity index (χ0) is 14.0. The van der Waals surface area contributed by atoms with Crippen LogP contribution in [-0.2, 0) is 16.2 Å². The predicted molar refractivity (Wildman–Crippen MR) is 78.5 cm³/mol. The Labute approximate surface area is 116 Å². The maximum absolute atomic E-state index is 11.4. The molecule has 2 aromatic rings. The summed E-state index contributed by atoms with van der Waals surface area (Å²) in [6, 6.07) is 10.2. The molecule has 1 unspecified atom stereocenters. The van der Waals surface area contributed by atoms with E-state index in [4.69, 9.17) is 0 Å². The van der Waals surface area contributed by atoms with Crippen LogP contribution in [0.2, 0.25) is 0 Å². The monoisotopic (exact) mass is 274 g/mol. The van der Waals surface area contributed by atoms with E-state index < -0.39 is 10.8 Å². The molecule has 0 bridgehead atoms. The first-order chi connectivity index (χ1) is 8.88. The van der Waals surface area contributed by atoms with E-state index in [0.29, 0.717) is 5.16 Å². The van der Waals surface area contributed by atoms with E-state index in [9.17, 15) is 4.21 Å². The van der Waals surface area contributed by atoms with Gasteiger partial charge in [0, 0.05) is 18.0 Å². The molecular formula is C15H18N2OS. The van der Waals surface area contributed by atoms with Gasteiger partial charge in [0.1, 0.15) is 0 Å². The topological polar surface area (TPSA) is 42.9 Å². The van der Waals surface area contributed by atoms with Gasteiger partial charge in [0.05, 0.1) is 16.5 Å². The lowest BCUT2D eigenvalue weighted by atomic mass is 9.86. The minimum atomic E-state index is -1.15. The average Bonchev–Trinajstić information content (AvgIpc) is 2.38. The number of rotatable bonds is 2. The van der Waals surface area contributed by atoms with Gasteiger partial charge in [-0.2, -0.15) is 0 Å². The standard InChI is InChI=1S/C15H18N2OS/c1-15(2,3)12-7-5-11(6-8-12)13-9-10-16-14(17-13)19(4)18/h5-10H,1-4H3. The molecule has 0 aliphatic heterocycles. The first kappa shape index (κ1) is 13.9. The maximum Gasteiger partial charge on any atom is 0.218 e. The van der Waals surface area contributed by atoms with Crippen LogP contribution in [0.1, 0.15) is 26.3 Å². The summed E-state index contributed by atoms with van der Waals surface area (Å²) in [5.74, 6) is 0. The van der Waals surface area contributed by atoms with Crippen molar-refractivity contribution in [1.82, 2.24) is 9.97 Å². The second-order valence-electron chi connectivity index (χ2n) is 5.51. The Balaban J connectivity index is 2.37. The first-order valence-corrected chi connectivity index (χ1v) is 7.71. The van der Waals surface area contributed by atoms with Crippen LogP contribution in [0, 0.1) is 0 Å². The highest BCUT2D eigenvalue weighted by Crippen LogP contribution is 2.25. The van der Waals surface area contributed by atoms with Gasteiger partial charge in [-0.3, -0.25) is 4.21 Å². The second-order valence-corrected chi connectivity index (χ2v) is 6.78. The van der Waals surface area contributed by atoms with Crippen LogP contribution in [0.3, 0.4) is 0 Å². The molecule has 1 atom stereocenters. The van der Waals surface area contributed by atoms with Crippen molar-refractivity contribution in [3.05, 3.63) is 42.1 Å². The largest absolute Gasteiger partial charge is 0.251 e. The first-order valence-electron chi connectivity index (χ1n) is 6.15. The Hall–Kier alpha value is -1.55. The predicted octanol–water partition coefficient (Wildman–Crippen LogP) is 3.18. The number of nitrogens with zero attached hydrogens (tertiary/aromatic N) is 2. The van der Waals surface area contributed by atoms with Crippen molar-refractivity contribution in [2.45, 2.75) is 31.3 Å². The third-order valence-electron chi connectivity index (χ3n) is 2.94. The molecular weight excluding hydrogens is 256 g/mol. The highest BCUT2D eigenvalue weighted by atomic mass is 32.2. The molecule has 2 rings (SSSR count). The summed E-state index contributed by atoms with van der Waals surface area (Å²) < 4.78 is 11.4. The number of aromatic nitrogens is 2. The summed E-state index contributed by atoms with van der Waals surface area (Å²) in [7, 11) is -1.15. The smallest absolute Gasteiger partial charge is 0.218 e. The van der Waals surface area contributed by atoms with Gasteiger partial charge in [-0.15, -0.1) is 0 Å². The van der Waals surface area contributed by atoms with Crippen molar-refractivity contribution >= 4 is 10.8 Å². The highest BCUT2D eigenvalue weighted by molar-refractivity contribution is 7.84. The molecule has 0 fully saturated rings. The molecule has 4 heteroatoms. The lowest BCUT2D eigenvalue weighted by Crippen LogP contribution is -2.10. The summed E-state index contributed by atoms with van der Waals surface area (Å²) in [6.07, 6.45) is 3.23. The Morgan fingerprint density at radius 3 is 2.21 bits per heavy atom. The average molecular weight is 274 g/mol. The zero-order valence-corrected chi connectivity index (χ0v) is 12.5. The van der Waals surface area contributed by atoms with Crippen LogP contribution in [0.4, 0.5) is 0 Å². The van der Waals surface area contributed by atoms with Gasteiger partial charge >= 0.3 is 0 Å². The molecule has 0 aliphatic rings. The van der Waals surface area contributed by atoms with Crippen molar-refractivity contribution in [1.29, 1.82) is 0 Å². The van der Waals surface area contributed by atoms with Crippen LogP contribution < -0.4 is 0 Å². The van der Waals surface area contributed by atoms with E-state index in [2.05, 4.69) is 42.9 Å². The summed E-state index contributed by atoms with van der Waals surface area (Å²) in [6.45, 7) is 6.56. The van der Waals surface area contributed by atoms with Crippen molar-refractivity contribution in [3.63, 3.8) is 0 Å². The minimum absolute atomic E-state index is 0.139. The lowest BCUT2D eigenvalue weighted by molar-refractivity contribution is 0.590. The fourth-order valence-corrected chi connectivity index (χ4v) is 2.22. The number of benzene rings is 1. The Morgan fingerprint density at radius 2 is 1.68 bits per heavy atom. The molecule has 0 saturated carbocycles. The minimum Gasteiger partial charge on any atom is -0.251 e. The molecule has 3 nitrogen and oxygen atoms in total. The van der Waals surface area contributed by atoms with Gasteiger partial charge < -0.3 is 0 Å². The van der Waals surface area contributed by atoms with Crippen LogP contribution >= 0.6 is 0 Å². The molecule has 1 aromatic carbocycles. The molecule has 19 heavy (non-hydrogen) atoms. The van der Waals surface area contributed by atoms with E-state index in [-0.39, 0.29) is 5.41 Å². The second kappa shape index (κ2) is 5.21. The molecule has 1 aromatic heterocycles. The number of hydrogen-bond acceptors (Lipinski definition) is 3. The normalized spacial score (nSPS) is 13.3. The van der Waals surface area contributed by atoms with E-state index in [0.717, 1.165) is 11.3 Å². The molecule has 1 heterocycles. The SMILES string of the molecule is CS(=O)c1nccc(-c2ccc(C(C)(C)C)cc2)n1. The van der Waals surface area contributed by atoms with Crippen molar-refractivity contribution < 1.29 is 4.21 Å². The summed E-state index contributed by atoms with van der Waals surface area (Å²) in [5.41, 5.74) is 3.24. The third-order valence-corrected chi connectivity index (χ3v) is 3.65. The zero-order valence-electron chi connectivity index (χ0n) is 11.7. The summed E-state index contributed by atoms with van der Waals surface area (Å²) >= 11 is 0. The quantitative estimate of drug-likeness (QED) is 0.790. The summed E-state index contributed by atoms with van der Waals surface area (Å²) in [5, 5.41) is 0.373. The van der Waals surface area contributed by atoms with Gasteiger partial charge in [-0.25, -0.2) is 9.97 Å². The van der Waals surface area contributed by atoms with E-state index in [1.807, 2.05) is 18.2 Å². The van der Waals surface area contributed by atoms with Gasteiger partial charge in [0.25, 0.3) is 0 Å².